The van der Waals surface area contributed by atoms with E-state index in [0.717, 1.165) is 0 Å². The second-order valence-corrected chi connectivity index (χ2v) is 5.42. The number of nitrogens with one attached hydrogen (secondary N) is 1. The average Bonchev–Trinajstić information content (AvgIpc) is 3.01. The third kappa shape index (κ3) is 3.00. The maximum absolute atomic E-state index is 3.58. The Balaban J connectivity index is 2.05. The molecule has 0 saturated heterocycles. The van der Waals surface area contributed by atoms with Gasteiger partial charge < -0.3 is 5.43 Å². The Labute approximate surface area is 126 Å². The van der Waals surface area contributed by atoms with Crippen LogP contribution in [0.4, 0.5) is 0 Å². The Bertz CT molecular complexity index is 700. The van der Waals surface area contributed by atoms with Gasteiger partial charge in [-0.25, -0.2) is 0 Å². The Morgan fingerprint density at radius 1 is 0.857 bits per heavy atom. The van der Waals surface area contributed by atoms with E-state index in [1.807, 2.05) is 29.2 Å². The van der Waals surface area contributed by atoms with E-state index in [1.54, 1.807) is 0 Å². The first-order valence-corrected chi connectivity index (χ1v) is 7.25. The summed E-state index contributed by atoms with van der Waals surface area (Å²) in [6, 6.07) is 21.4. The standard InChI is InChI=1S/C19H20N2/c1-15-10-11-16(2)18(14-15)19(17-8-4-3-5-9-17)20-21-12-6-7-13-21/h3-14,19-20H,1-2H3. The molecule has 2 aromatic carbocycles. The van der Waals surface area contributed by atoms with Gasteiger partial charge in [0.05, 0.1) is 6.04 Å². The molecule has 3 aromatic rings. The van der Waals surface area contributed by atoms with Gasteiger partial charge in [0.15, 0.2) is 0 Å². The van der Waals surface area contributed by atoms with Crippen LogP contribution in [0.2, 0.25) is 0 Å². The van der Waals surface area contributed by atoms with E-state index < -0.39 is 0 Å². The van der Waals surface area contributed by atoms with Gasteiger partial charge in [0.25, 0.3) is 0 Å². The summed E-state index contributed by atoms with van der Waals surface area (Å²) in [6.07, 6.45) is 4.06. The number of benzene rings is 2. The molecule has 1 unspecified atom stereocenters. The largest absolute Gasteiger partial charge is 0.314 e. The van der Waals surface area contributed by atoms with Gasteiger partial charge in [0.2, 0.25) is 0 Å². The molecular formula is C19H20N2. The van der Waals surface area contributed by atoms with Gasteiger partial charge >= 0.3 is 0 Å². The molecule has 1 N–H and O–H groups in total. The van der Waals surface area contributed by atoms with Crippen molar-refractivity contribution in [3.05, 3.63) is 95.3 Å². The lowest BCUT2D eigenvalue weighted by molar-refractivity contribution is 0.755. The Morgan fingerprint density at radius 2 is 1.57 bits per heavy atom. The summed E-state index contributed by atoms with van der Waals surface area (Å²) in [5, 5.41) is 0. The first-order chi connectivity index (χ1) is 10.2. The predicted molar refractivity (Wildman–Crippen MR) is 88.0 cm³/mol. The van der Waals surface area contributed by atoms with Crippen molar-refractivity contribution in [3.8, 4) is 0 Å². The van der Waals surface area contributed by atoms with Crippen LogP contribution in [0.25, 0.3) is 0 Å². The monoisotopic (exact) mass is 276 g/mol. The minimum atomic E-state index is 0.137. The van der Waals surface area contributed by atoms with Crippen molar-refractivity contribution < 1.29 is 0 Å². The van der Waals surface area contributed by atoms with Gasteiger partial charge in [-0.2, -0.15) is 0 Å². The zero-order valence-electron chi connectivity index (χ0n) is 12.5. The van der Waals surface area contributed by atoms with Crippen LogP contribution in [0.15, 0.2) is 73.1 Å². The van der Waals surface area contributed by atoms with Gasteiger partial charge in [-0.05, 0) is 42.7 Å². The van der Waals surface area contributed by atoms with Crippen LogP contribution >= 0.6 is 0 Å². The van der Waals surface area contributed by atoms with Crippen molar-refractivity contribution in [1.82, 2.24) is 4.68 Å². The lowest BCUT2D eigenvalue weighted by atomic mass is 9.94. The van der Waals surface area contributed by atoms with Crippen molar-refractivity contribution in [2.75, 3.05) is 5.43 Å². The molecule has 0 aliphatic heterocycles. The summed E-state index contributed by atoms with van der Waals surface area (Å²) in [5.41, 5.74) is 8.74. The number of rotatable bonds is 4. The van der Waals surface area contributed by atoms with Crippen molar-refractivity contribution >= 4 is 0 Å². The fraction of sp³-hybridized carbons (Fsp3) is 0.158. The molecule has 0 spiro atoms. The molecule has 2 nitrogen and oxygen atoms in total. The van der Waals surface area contributed by atoms with Gasteiger partial charge in [-0.1, -0.05) is 54.1 Å². The molecule has 2 heteroatoms. The highest BCUT2D eigenvalue weighted by atomic mass is 15.4. The first kappa shape index (κ1) is 13.5. The molecule has 21 heavy (non-hydrogen) atoms. The van der Waals surface area contributed by atoms with Crippen LogP contribution in [0, 0.1) is 13.8 Å². The average molecular weight is 276 g/mol. The maximum Gasteiger partial charge on any atom is 0.0926 e. The zero-order valence-corrected chi connectivity index (χ0v) is 12.5. The second-order valence-electron chi connectivity index (χ2n) is 5.42. The number of aromatic nitrogens is 1. The molecule has 1 heterocycles. The third-order valence-corrected chi connectivity index (χ3v) is 3.76. The Kier molecular flexibility index (Phi) is 3.78. The van der Waals surface area contributed by atoms with Crippen LogP contribution in [-0.2, 0) is 0 Å². The molecule has 0 aliphatic rings. The van der Waals surface area contributed by atoms with Crippen LogP contribution in [0.1, 0.15) is 28.3 Å². The van der Waals surface area contributed by atoms with E-state index in [-0.39, 0.29) is 6.04 Å². The summed E-state index contributed by atoms with van der Waals surface area (Å²) in [5.74, 6) is 0. The van der Waals surface area contributed by atoms with Crippen LogP contribution < -0.4 is 5.43 Å². The quantitative estimate of drug-likeness (QED) is 0.745. The van der Waals surface area contributed by atoms with E-state index >= 15 is 0 Å². The fourth-order valence-electron chi connectivity index (χ4n) is 2.61. The van der Waals surface area contributed by atoms with Gasteiger partial charge in [0, 0.05) is 12.4 Å². The molecule has 1 aromatic heterocycles. The van der Waals surface area contributed by atoms with Crippen molar-refractivity contribution in [3.63, 3.8) is 0 Å². The number of hydrogen-bond acceptors (Lipinski definition) is 1. The van der Waals surface area contributed by atoms with Gasteiger partial charge in [-0.15, -0.1) is 0 Å². The minimum Gasteiger partial charge on any atom is -0.314 e. The highest BCUT2D eigenvalue weighted by Crippen LogP contribution is 2.26. The fourth-order valence-corrected chi connectivity index (χ4v) is 2.61. The minimum absolute atomic E-state index is 0.137. The van der Waals surface area contributed by atoms with E-state index in [2.05, 4.69) is 67.8 Å². The van der Waals surface area contributed by atoms with Crippen LogP contribution in [-0.4, -0.2) is 4.68 Å². The van der Waals surface area contributed by atoms with Gasteiger partial charge in [-0.3, -0.25) is 4.68 Å². The molecule has 0 radical (unpaired) electrons. The lowest BCUT2D eigenvalue weighted by Gasteiger charge is -2.23. The van der Waals surface area contributed by atoms with Crippen molar-refractivity contribution in [2.24, 2.45) is 0 Å². The lowest BCUT2D eigenvalue weighted by Crippen LogP contribution is -2.21. The van der Waals surface area contributed by atoms with Crippen molar-refractivity contribution in [2.45, 2.75) is 19.9 Å². The SMILES string of the molecule is Cc1ccc(C)c(C(Nn2cccc2)c2ccccc2)c1. The van der Waals surface area contributed by atoms with E-state index in [0.29, 0.717) is 0 Å². The molecule has 0 bridgehead atoms. The number of aryl methyl sites for hydroxylation is 2. The maximum atomic E-state index is 3.58. The Morgan fingerprint density at radius 3 is 2.29 bits per heavy atom. The van der Waals surface area contributed by atoms with Crippen LogP contribution in [0.5, 0.6) is 0 Å². The van der Waals surface area contributed by atoms with Crippen molar-refractivity contribution in [1.29, 1.82) is 0 Å². The van der Waals surface area contributed by atoms with Gasteiger partial charge in [0.1, 0.15) is 0 Å². The molecule has 0 amide bonds. The molecule has 3 rings (SSSR count). The zero-order chi connectivity index (χ0) is 14.7. The molecule has 0 aliphatic carbocycles. The first-order valence-electron chi connectivity index (χ1n) is 7.25. The van der Waals surface area contributed by atoms with Crippen LogP contribution in [0.3, 0.4) is 0 Å². The molecule has 106 valence electrons. The topological polar surface area (TPSA) is 17.0 Å². The molecular weight excluding hydrogens is 256 g/mol. The summed E-state index contributed by atoms with van der Waals surface area (Å²) in [7, 11) is 0. The summed E-state index contributed by atoms with van der Waals surface area (Å²) in [6.45, 7) is 4.31. The highest BCUT2D eigenvalue weighted by molar-refractivity contribution is 5.41. The summed E-state index contributed by atoms with van der Waals surface area (Å²) >= 11 is 0. The van der Waals surface area contributed by atoms with E-state index in [1.165, 1.54) is 22.3 Å². The normalized spacial score (nSPS) is 12.1. The predicted octanol–water partition coefficient (Wildman–Crippen LogP) is 4.44. The highest BCUT2D eigenvalue weighted by Gasteiger charge is 2.16. The smallest absolute Gasteiger partial charge is 0.0926 e. The summed E-state index contributed by atoms with van der Waals surface area (Å²) < 4.78 is 2.01. The third-order valence-electron chi connectivity index (χ3n) is 3.76. The van der Waals surface area contributed by atoms with E-state index in [9.17, 15) is 0 Å². The number of hydrogen-bond donors (Lipinski definition) is 1. The summed E-state index contributed by atoms with van der Waals surface area (Å²) in [4.78, 5) is 0. The second kappa shape index (κ2) is 5.88. The molecule has 0 saturated carbocycles. The molecule has 0 fully saturated rings. The molecule has 1 atom stereocenters. The van der Waals surface area contributed by atoms with E-state index in [4.69, 9.17) is 0 Å². The number of nitrogens with zero attached hydrogens (tertiary/aromatic N) is 1. The Hall–Kier alpha value is -2.48.